The summed E-state index contributed by atoms with van der Waals surface area (Å²) in [6.07, 6.45) is 3.58. The van der Waals surface area contributed by atoms with Crippen molar-refractivity contribution in [2.24, 2.45) is 0 Å². The van der Waals surface area contributed by atoms with E-state index in [0.29, 0.717) is 38.9 Å². The van der Waals surface area contributed by atoms with Gasteiger partial charge in [0.1, 0.15) is 17.1 Å². The number of carbonyl (C=O) groups excluding carboxylic acids is 1. The SMILES string of the molecule is COC(=O)C1(c2nccc(NS(=O)(=O)C3CC3)n2)CCOCC1. The minimum Gasteiger partial charge on any atom is -0.468 e. The lowest BCUT2D eigenvalue weighted by molar-refractivity contribution is -0.152. The first kappa shape index (κ1) is 16.1. The molecule has 1 aromatic heterocycles. The van der Waals surface area contributed by atoms with Gasteiger partial charge in [-0.1, -0.05) is 0 Å². The molecule has 0 radical (unpaired) electrons. The molecule has 0 spiro atoms. The van der Waals surface area contributed by atoms with Crippen molar-refractivity contribution in [2.75, 3.05) is 25.0 Å². The van der Waals surface area contributed by atoms with E-state index >= 15 is 0 Å². The second-order valence-electron chi connectivity index (χ2n) is 5.80. The molecule has 23 heavy (non-hydrogen) atoms. The van der Waals surface area contributed by atoms with Gasteiger partial charge < -0.3 is 9.47 Å². The molecule has 9 heteroatoms. The number of aromatic nitrogens is 2. The van der Waals surface area contributed by atoms with Crippen molar-refractivity contribution in [3.63, 3.8) is 0 Å². The molecule has 2 aliphatic rings. The van der Waals surface area contributed by atoms with Gasteiger partial charge in [0.2, 0.25) is 10.0 Å². The Hall–Kier alpha value is -1.74. The third kappa shape index (κ3) is 3.16. The first-order valence-electron chi connectivity index (χ1n) is 7.49. The lowest BCUT2D eigenvalue weighted by Gasteiger charge is -2.32. The minimum absolute atomic E-state index is 0.177. The zero-order chi connectivity index (χ0) is 16.5. The molecule has 0 amide bonds. The molecule has 0 unspecified atom stereocenters. The topological polar surface area (TPSA) is 107 Å². The molecule has 1 aliphatic heterocycles. The summed E-state index contributed by atoms with van der Waals surface area (Å²) in [4.78, 5) is 20.8. The molecule has 126 valence electrons. The summed E-state index contributed by atoms with van der Waals surface area (Å²) in [6, 6.07) is 1.48. The van der Waals surface area contributed by atoms with Gasteiger partial charge in [-0.2, -0.15) is 0 Å². The van der Waals surface area contributed by atoms with E-state index in [2.05, 4.69) is 14.7 Å². The van der Waals surface area contributed by atoms with E-state index in [-0.39, 0.29) is 16.9 Å². The summed E-state index contributed by atoms with van der Waals surface area (Å²) in [6.45, 7) is 0.799. The second kappa shape index (κ2) is 6.04. The fourth-order valence-corrected chi connectivity index (χ4v) is 4.02. The number of methoxy groups -OCH3 is 1. The second-order valence-corrected chi connectivity index (χ2v) is 7.76. The summed E-state index contributed by atoms with van der Waals surface area (Å²) in [7, 11) is -2.10. The standard InChI is InChI=1S/C14H19N3O5S/c1-21-13(18)14(5-8-22-9-6-14)12-15-7-4-11(16-12)17-23(19,20)10-2-3-10/h4,7,10H,2-3,5-6,8-9H2,1H3,(H,15,16,17). The molecule has 1 saturated carbocycles. The number of nitrogens with zero attached hydrogens (tertiary/aromatic N) is 2. The summed E-state index contributed by atoms with van der Waals surface area (Å²) in [5.41, 5.74) is -0.992. The van der Waals surface area contributed by atoms with Crippen LogP contribution in [0.5, 0.6) is 0 Å². The number of carbonyl (C=O) groups is 1. The van der Waals surface area contributed by atoms with Crippen molar-refractivity contribution < 1.29 is 22.7 Å². The Morgan fingerprint density at radius 2 is 2.09 bits per heavy atom. The fourth-order valence-electron chi connectivity index (χ4n) is 2.69. The van der Waals surface area contributed by atoms with Crippen molar-refractivity contribution in [2.45, 2.75) is 36.3 Å². The van der Waals surface area contributed by atoms with Gasteiger partial charge in [0.05, 0.1) is 12.4 Å². The third-order valence-corrected chi connectivity index (χ3v) is 6.06. The van der Waals surface area contributed by atoms with E-state index in [1.807, 2.05) is 0 Å². The highest BCUT2D eigenvalue weighted by Crippen LogP contribution is 2.35. The Kier molecular flexibility index (Phi) is 4.24. The number of sulfonamides is 1. The molecule has 8 nitrogen and oxygen atoms in total. The molecule has 2 heterocycles. The Morgan fingerprint density at radius 3 is 2.70 bits per heavy atom. The van der Waals surface area contributed by atoms with Gasteiger partial charge >= 0.3 is 5.97 Å². The number of esters is 1. The first-order valence-corrected chi connectivity index (χ1v) is 9.04. The molecule has 0 bridgehead atoms. The number of anilines is 1. The van der Waals surface area contributed by atoms with Gasteiger partial charge in [0.25, 0.3) is 0 Å². The van der Waals surface area contributed by atoms with Crippen LogP contribution in [0.3, 0.4) is 0 Å². The smallest absolute Gasteiger partial charge is 0.319 e. The van der Waals surface area contributed by atoms with Crippen LogP contribution in [-0.4, -0.2) is 49.9 Å². The van der Waals surface area contributed by atoms with Crippen LogP contribution in [0.4, 0.5) is 5.82 Å². The number of rotatable bonds is 5. The Balaban J connectivity index is 1.91. The van der Waals surface area contributed by atoms with Crippen molar-refractivity contribution in [1.82, 2.24) is 9.97 Å². The molecule has 1 aromatic rings. The van der Waals surface area contributed by atoms with Crippen LogP contribution >= 0.6 is 0 Å². The number of hydrogen-bond donors (Lipinski definition) is 1. The highest BCUT2D eigenvalue weighted by molar-refractivity contribution is 7.93. The van der Waals surface area contributed by atoms with E-state index in [1.165, 1.54) is 19.4 Å². The molecular formula is C14H19N3O5S. The van der Waals surface area contributed by atoms with Gasteiger partial charge in [-0.15, -0.1) is 0 Å². The van der Waals surface area contributed by atoms with Crippen LogP contribution in [0.1, 0.15) is 31.5 Å². The van der Waals surface area contributed by atoms with Crippen LogP contribution in [0.15, 0.2) is 12.3 Å². The summed E-state index contributed by atoms with van der Waals surface area (Å²) in [5, 5.41) is -0.349. The quantitative estimate of drug-likeness (QED) is 0.781. The van der Waals surface area contributed by atoms with Crippen molar-refractivity contribution in [3.05, 3.63) is 18.1 Å². The van der Waals surface area contributed by atoms with Gasteiger partial charge in [0, 0.05) is 19.4 Å². The molecule has 1 saturated heterocycles. The molecule has 0 aromatic carbocycles. The van der Waals surface area contributed by atoms with Crippen molar-refractivity contribution in [3.8, 4) is 0 Å². The molecule has 1 N–H and O–H groups in total. The van der Waals surface area contributed by atoms with E-state index in [9.17, 15) is 13.2 Å². The van der Waals surface area contributed by atoms with Crippen LogP contribution in [0.25, 0.3) is 0 Å². The van der Waals surface area contributed by atoms with E-state index in [0.717, 1.165) is 0 Å². The zero-order valence-corrected chi connectivity index (χ0v) is 13.6. The molecule has 0 atom stereocenters. The number of hydrogen-bond acceptors (Lipinski definition) is 7. The molecular weight excluding hydrogens is 322 g/mol. The van der Waals surface area contributed by atoms with Crippen LogP contribution in [0.2, 0.25) is 0 Å². The van der Waals surface area contributed by atoms with Gasteiger partial charge in [-0.25, -0.2) is 18.4 Å². The van der Waals surface area contributed by atoms with Crippen LogP contribution in [0, 0.1) is 0 Å². The summed E-state index contributed by atoms with van der Waals surface area (Å²) >= 11 is 0. The molecule has 2 fully saturated rings. The summed E-state index contributed by atoms with van der Waals surface area (Å²) < 4.78 is 36.8. The molecule has 3 rings (SSSR count). The van der Waals surface area contributed by atoms with Crippen LogP contribution < -0.4 is 4.72 Å². The first-order chi connectivity index (χ1) is 11.0. The maximum atomic E-state index is 12.3. The highest BCUT2D eigenvalue weighted by atomic mass is 32.2. The van der Waals surface area contributed by atoms with Gasteiger partial charge in [-0.3, -0.25) is 9.52 Å². The van der Waals surface area contributed by atoms with E-state index < -0.39 is 21.4 Å². The molecule has 1 aliphatic carbocycles. The largest absolute Gasteiger partial charge is 0.468 e. The average molecular weight is 341 g/mol. The Labute approximate surface area is 134 Å². The lowest BCUT2D eigenvalue weighted by atomic mass is 9.79. The predicted molar refractivity (Wildman–Crippen MR) is 81.3 cm³/mol. The monoisotopic (exact) mass is 341 g/mol. The Morgan fingerprint density at radius 1 is 1.39 bits per heavy atom. The minimum atomic E-state index is -3.41. The number of nitrogens with one attached hydrogen (secondary N) is 1. The fraction of sp³-hybridized carbons (Fsp3) is 0.643. The van der Waals surface area contributed by atoms with Crippen molar-refractivity contribution >= 4 is 21.8 Å². The van der Waals surface area contributed by atoms with Gasteiger partial charge in [0.15, 0.2) is 0 Å². The highest BCUT2D eigenvalue weighted by Gasteiger charge is 2.46. The summed E-state index contributed by atoms with van der Waals surface area (Å²) in [5.74, 6) is 0.0170. The zero-order valence-electron chi connectivity index (χ0n) is 12.8. The van der Waals surface area contributed by atoms with E-state index in [1.54, 1.807) is 0 Å². The van der Waals surface area contributed by atoms with Crippen molar-refractivity contribution in [1.29, 1.82) is 0 Å². The normalized spacial score (nSPS) is 20.7. The lowest BCUT2D eigenvalue weighted by Crippen LogP contribution is -2.43. The van der Waals surface area contributed by atoms with Crippen LogP contribution in [-0.2, 0) is 29.7 Å². The number of ether oxygens (including phenoxy) is 2. The maximum absolute atomic E-state index is 12.3. The predicted octanol–water partition coefficient (Wildman–Crippen LogP) is 0.602. The average Bonchev–Trinajstić information content (AvgIpc) is 3.40. The van der Waals surface area contributed by atoms with Gasteiger partial charge in [-0.05, 0) is 31.7 Å². The third-order valence-electron chi connectivity index (χ3n) is 4.22. The Bertz CT molecular complexity index is 696. The van der Waals surface area contributed by atoms with E-state index in [4.69, 9.17) is 9.47 Å². The maximum Gasteiger partial charge on any atom is 0.319 e.